The molecule has 0 aliphatic heterocycles. The number of rotatable bonds is 5. The summed E-state index contributed by atoms with van der Waals surface area (Å²) in [5, 5.41) is 3.15. The Morgan fingerprint density at radius 2 is 2.07 bits per heavy atom. The summed E-state index contributed by atoms with van der Waals surface area (Å²) in [5.41, 5.74) is 2.61. The molecule has 0 aliphatic carbocycles. The fourth-order valence-electron chi connectivity index (χ4n) is 1.41. The highest BCUT2D eigenvalue weighted by Crippen LogP contribution is 2.17. The fourth-order valence-corrected chi connectivity index (χ4v) is 1.41. The van der Waals surface area contributed by atoms with Crippen LogP contribution in [0.1, 0.15) is 25.0 Å². The topological polar surface area (TPSA) is 21.3 Å². The third kappa shape index (κ3) is 3.92. The molecule has 1 aromatic rings. The Morgan fingerprint density at radius 1 is 1.33 bits per heavy atom. The van der Waals surface area contributed by atoms with Crippen molar-refractivity contribution in [3.05, 3.63) is 29.3 Å². The lowest BCUT2D eigenvalue weighted by molar-refractivity contribution is 0.271. The Balaban J connectivity index is 2.64. The summed E-state index contributed by atoms with van der Waals surface area (Å²) in [5.74, 6) is 1.54. The summed E-state index contributed by atoms with van der Waals surface area (Å²) in [6, 6.07) is 6.28. The maximum absolute atomic E-state index is 5.66. The zero-order valence-electron chi connectivity index (χ0n) is 10.1. The molecule has 0 bridgehead atoms. The minimum absolute atomic E-state index is 0.572. The standard InChI is InChI=1S/C13H21NO/c1-10(2)9-15-13-6-5-12(8-14-4)11(3)7-13/h5-7,10,14H,8-9H2,1-4H3. The van der Waals surface area contributed by atoms with Crippen LogP contribution in [0.3, 0.4) is 0 Å². The Hall–Kier alpha value is -1.02. The Bertz CT molecular complexity index is 307. The average Bonchev–Trinajstić information content (AvgIpc) is 2.19. The van der Waals surface area contributed by atoms with Crippen LogP contribution in [0.15, 0.2) is 18.2 Å². The van der Waals surface area contributed by atoms with Gasteiger partial charge in [-0.1, -0.05) is 19.9 Å². The highest BCUT2D eigenvalue weighted by molar-refractivity contribution is 5.34. The van der Waals surface area contributed by atoms with E-state index < -0.39 is 0 Å². The predicted molar refractivity (Wildman–Crippen MR) is 64.3 cm³/mol. The van der Waals surface area contributed by atoms with E-state index >= 15 is 0 Å². The van der Waals surface area contributed by atoms with Gasteiger partial charge in [0, 0.05) is 6.54 Å². The van der Waals surface area contributed by atoms with Crippen molar-refractivity contribution in [1.29, 1.82) is 0 Å². The van der Waals surface area contributed by atoms with Crippen LogP contribution in [0, 0.1) is 12.8 Å². The molecule has 0 saturated heterocycles. The molecular weight excluding hydrogens is 186 g/mol. The minimum Gasteiger partial charge on any atom is -0.493 e. The number of nitrogens with one attached hydrogen (secondary N) is 1. The van der Waals surface area contributed by atoms with Gasteiger partial charge in [0.2, 0.25) is 0 Å². The van der Waals surface area contributed by atoms with E-state index in [0.717, 1.165) is 18.9 Å². The minimum atomic E-state index is 0.572. The second-order valence-electron chi connectivity index (χ2n) is 4.32. The van der Waals surface area contributed by atoms with E-state index in [1.54, 1.807) is 0 Å². The second-order valence-corrected chi connectivity index (χ2v) is 4.32. The Morgan fingerprint density at radius 3 is 2.60 bits per heavy atom. The van der Waals surface area contributed by atoms with E-state index in [2.05, 4.69) is 38.2 Å². The van der Waals surface area contributed by atoms with Crippen LogP contribution < -0.4 is 10.1 Å². The molecule has 84 valence electrons. The van der Waals surface area contributed by atoms with Crippen molar-refractivity contribution in [3.8, 4) is 5.75 Å². The molecule has 2 heteroatoms. The average molecular weight is 207 g/mol. The molecule has 0 amide bonds. The van der Waals surface area contributed by atoms with E-state index in [0.29, 0.717) is 5.92 Å². The first-order chi connectivity index (χ1) is 7.13. The van der Waals surface area contributed by atoms with Crippen molar-refractivity contribution in [2.75, 3.05) is 13.7 Å². The smallest absolute Gasteiger partial charge is 0.119 e. The van der Waals surface area contributed by atoms with Crippen molar-refractivity contribution in [3.63, 3.8) is 0 Å². The number of ether oxygens (including phenoxy) is 1. The van der Waals surface area contributed by atoms with Crippen LogP contribution >= 0.6 is 0 Å². The SMILES string of the molecule is CNCc1ccc(OCC(C)C)cc1C. The van der Waals surface area contributed by atoms with E-state index in [9.17, 15) is 0 Å². The summed E-state index contributed by atoms with van der Waals surface area (Å²) in [4.78, 5) is 0. The predicted octanol–water partition coefficient (Wildman–Crippen LogP) is 2.75. The molecule has 0 atom stereocenters. The van der Waals surface area contributed by atoms with Crippen molar-refractivity contribution < 1.29 is 4.74 Å². The summed E-state index contributed by atoms with van der Waals surface area (Å²) >= 11 is 0. The molecular formula is C13H21NO. The number of aryl methyl sites for hydroxylation is 1. The molecule has 2 nitrogen and oxygen atoms in total. The molecule has 0 aromatic heterocycles. The van der Waals surface area contributed by atoms with Gasteiger partial charge in [-0.15, -0.1) is 0 Å². The maximum Gasteiger partial charge on any atom is 0.119 e. The molecule has 0 unspecified atom stereocenters. The van der Waals surface area contributed by atoms with Gasteiger partial charge in [0.05, 0.1) is 6.61 Å². The van der Waals surface area contributed by atoms with E-state index in [4.69, 9.17) is 4.74 Å². The molecule has 0 heterocycles. The van der Waals surface area contributed by atoms with Gasteiger partial charge in [0.1, 0.15) is 5.75 Å². The van der Waals surface area contributed by atoms with Crippen LogP contribution in [0.4, 0.5) is 0 Å². The molecule has 0 fully saturated rings. The molecule has 0 radical (unpaired) electrons. The number of hydrogen-bond acceptors (Lipinski definition) is 2. The quantitative estimate of drug-likeness (QED) is 0.801. The highest BCUT2D eigenvalue weighted by Gasteiger charge is 2.01. The van der Waals surface area contributed by atoms with E-state index in [1.165, 1.54) is 11.1 Å². The summed E-state index contributed by atoms with van der Waals surface area (Å²) in [6.07, 6.45) is 0. The zero-order valence-corrected chi connectivity index (χ0v) is 10.1. The lowest BCUT2D eigenvalue weighted by Crippen LogP contribution is -2.08. The third-order valence-corrected chi connectivity index (χ3v) is 2.26. The molecule has 1 aromatic carbocycles. The monoisotopic (exact) mass is 207 g/mol. The van der Waals surface area contributed by atoms with Crippen LogP contribution in [0.2, 0.25) is 0 Å². The van der Waals surface area contributed by atoms with E-state index in [-0.39, 0.29) is 0 Å². The van der Waals surface area contributed by atoms with Crippen LogP contribution in [0.5, 0.6) is 5.75 Å². The maximum atomic E-state index is 5.66. The van der Waals surface area contributed by atoms with Crippen molar-refractivity contribution in [1.82, 2.24) is 5.32 Å². The normalized spacial score (nSPS) is 10.7. The first-order valence-electron chi connectivity index (χ1n) is 5.50. The van der Waals surface area contributed by atoms with Gasteiger partial charge in [0.15, 0.2) is 0 Å². The van der Waals surface area contributed by atoms with Gasteiger partial charge in [-0.3, -0.25) is 0 Å². The molecule has 0 spiro atoms. The fraction of sp³-hybridized carbons (Fsp3) is 0.538. The summed E-state index contributed by atoms with van der Waals surface area (Å²) in [7, 11) is 1.96. The second kappa shape index (κ2) is 5.76. The Labute approximate surface area is 92.6 Å². The summed E-state index contributed by atoms with van der Waals surface area (Å²) in [6.45, 7) is 8.13. The van der Waals surface area contributed by atoms with Gasteiger partial charge in [-0.05, 0) is 43.1 Å². The molecule has 1 rings (SSSR count). The van der Waals surface area contributed by atoms with Gasteiger partial charge >= 0.3 is 0 Å². The van der Waals surface area contributed by atoms with E-state index in [1.807, 2.05) is 13.1 Å². The highest BCUT2D eigenvalue weighted by atomic mass is 16.5. The van der Waals surface area contributed by atoms with Gasteiger partial charge in [-0.2, -0.15) is 0 Å². The third-order valence-electron chi connectivity index (χ3n) is 2.26. The van der Waals surface area contributed by atoms with Gasteiger partial charge in [0.25, 0.3) is 0 Å². The largest absolute Gasteiger partial charge is 0.493 e. The molecule has 15 heavy (non-hydrogen) atoms. The number of hydrogen-bond donors (Lipinski definition) is 1. The first kappa shape index (κ1) is 12.1. The van der Waals surface area contributed by atoms with Crippen LogP contribution in [-0.4, -0.2) is 13.7 Å². The molecule has 0 saturated carbocycles. The lowest BCUT2D eigenvalue weighted by Gasteiger charge is -2.11. The van der Waals surface area contributed by atoms with Gasteiger partial charge < -0.3 is 10.1 Å². The van der Waals surface area contributed by atoms with Crippen LogP contribution in [0.25, 0.3) is 0 Å². The van der Waals surface area contributed by atoms with Crippen molar-refractivity contribution in [2.24, 2.45) is 5.92 Å². The Kier molecular flexibility index (Phi) is 4.63. The van der Waals surface area contributed by atoms with Crippen molar-refractivity contribution >= 4 is 0 Å². The lowest BCUT2D eigenvalue weighted by atomic mass is 10.1. The van der Waals surface area contributed by atoms with Gasteiger partial charge in [-0.25, -0.2) is 0 Å². The van der Waals surface area contributed by atoms with Crippen molar-refractivity contribution in [2.45, 2.75) is 27.3 Å². The molecule has 1 N–H and O–H groups in total. The first-order valence-corrected chi connectivity index (χ1v) is 5.50. The van der Waals surface area contributed by atoms with Crippen LogP contribution in [-0.2, 0) is 6.54 Å². The summed E-state index contributed by atoms with van der Waals surface area (Å²) < 4.78 is 5.66. The molecule has 0 aliphatic rings. The zero-order chi connectivity index (χ0) is 11.3. The number of benzene rings is 1.